The van der Waals surface area contributed by atoms with E-state index in [9.17, 15) is 4.79 Å². The molecule has 0 atom stereocenters. The SMILES string of the molecule is CCN=C(Cl)/C=C(\C)CCC(=O)N1CCCC1. The van der Waals surface area contributed by atoms with Crippen molar-refractivity contribution in [1.29, 1.82) is 0 Å². The Bertz CT molecular complexity index is 317. The van der Waals surface area contributed by atoms with Gasteiger partial charge in [-0.3, -0.25) is 9.79 Å². The molecule has 0 aromatic heterocycles. The van der Waals surface area contributed by atoms with Gasteiger partial charge in [-0.2, -0.15) is 0 Å². The average molecular weight is 257 g/mol. The van der Waals surface area contributed by atoms with Gasteiger partial charge in [0.2, 0.25) is 5.91 Å². The van der Waals surface area contributed by atoms with Crippen molar-refractivity contribution in [2.75, 3.05) is 19.6 Å². The zero-order valence-electron chi connectivity index (χ0n) is 10.7. The van der Waals surface area contributed by atoms with E-state index < -0.39 is 0 Å². The van der Waals surface area contributed by atoms with E-state index in [4.69, 9.17) is 11.6 Å². The predicted octanol–water partition coefficient (Wildman–Crippen LogP) is 2.99. The van der Waals surface area contributed by atoms with Gasteiger partial charge in [0, 0.05) is 26.1 Å². The Morgan fingerprint density at radius 3 is 2.59 bits per heavy atom. The summed E-state index contributed by atoms with van der Waals surface area (Å²) in [6, 6.07) is 0. The van der Waals surface area contributed by atoms with Gasteiger partial charge in [-0.25, -0.2) is 0 Å². The van der Waals surface area contributed by atoms with Crippen molar-refractivity contribution < 1.29 is 4.79 Å². The number of hydrogen-bond donors (Lipinski definition) is 0. The van der Waals surface area contributed by atoms with E-state index in [0.717, 1.165) is 37.9 Å². The Balaban J connectivity index is 2.34. The molecule has 4 heteroatoms. The summed E-state index contributed by atoms with van der Waals surface area (Å²) in [6.45, 7) is 6.49. The monoisotopic (exact) mass is 256 g/mol. The van der Waals surface area contributed by atoms with Crippen LogP contribution in [0.15, 0.2) is 16.6 Å². The Morgan fingerprint density at radius 2 is 2.00 bits per heavy atom. The molecule has 0 spiro atoms. The molecule has 1 rings (SSSR count). The van der Waals surface area contributed by atoms with Crippen LogP contribution in [-0.2, 0) is 4.79 Å². The van der Waals surface area contributed by atoms with Crippen LogP contribution in [0.3, 0.4) is 0 Å². The van der Waals surface area contributed by atoms with Gasteiger partial charge < -0.3 is 4.90 Å². The molecule has 0 unspecified atom stereocenters. The summed E-state index contributed by atoms with van der Waals surface area (Å²) in [5, 5.41) is 0.527. The van der Waals surface area contributed by atoms with Crippen LogP contribution in [0.5, 0.6) is 0 Å². The fourth-order valence-electron chi connectivity index (χ4n) is 1.90. The lowest BCUT2D eigenvalue weighted by atomic mass is 10.1. The second-order valence-electron chi connectivity index (χ2n) is 4.38. The van der Waals surface area contributed by atoms with E-state index in [1.54, 1.807) is 0 Å². The third kappa shape index (κ3) is 5.35. The summed E-state index contributed by atoms with van der Waals surface area (Å²) in [4.78, 5) is 17.8. The highest BCUT2D eigenvalue weighted by molar-refractivity contribution is 6.68. The molecule has 17 heavy (non-hydrogen) atoms. The molecule has 1 fully saturated rings. The van der Waals surface area contributed by atoms with Gasteiger partial charge in [-0.05, 0) is 39.2 Å². The Morgan fingerprint density at radius 1 is 1.35 bits per heavy atom. The van der Waals surface area contributed by atoms with Crippen molar-refractivity contribution >= 4 is 22.7 Å². The van der Waals surface area contributed by atoms with Crippen LogP contribution >= 0.6 is 11.6 Å². The number of aliphatic imine (C=N–C) groups is 1. The third-order valence-corrected chi connectivity index (χ3v) is 3.10. The number of amides is 1. The minimum Gasteiger partial charge on any atom is -0.343 e. The van der Waals surface area contributed by atoms with Gasteiger partial charge in [0.25, 0.3) is 0 Å². The molecule has 1 heterocycles. The molecule has 1 aliphatic heterocycles. The normalized spacial score (nSPS) is 17.7. The number of nitrogens with zero attached hydrogens (tertiary/aromatic N) is 2. The van der Waals surface area contributed by atoms with Crippen LogP contribution < -0.4 is 0 Å². The molecule has 96 valence electrons. The van der Waals surface area contributed by atoms with Crippen molar-refractivity contribution in [3.63, 3.8) is 0 Å². The number of hydrogen-bond acceptors (Lipinski definition) is 2. The first-order valence-corrected chi connectivity index (χ1v) is 6.66. The molecule has 0 bridgehead atoms. The standard InChI is InChI=1S/C13H21ClN2O/c1-3-15-12(14)10-11(2)6-7-13(17)16-8-4-5-9-16/h10H,3-9H2,1-2H3/b11-10+,15-12?. The zero-order chi connectivity index (χ0) is 12.7. The van der Waals surface area contributed by atoms with Crippen LogP contribution in [0.4, 0.5) is 0 Å². The molecule has 1 amide bonds. The molecule has 1 aliphatic rings. The number of carbonyl (C=O) groups excluding carboxylic acids is 1. The number of likely N-dealkylation sites (tertiary alicyclic amines) is 1. The summed E-state index contributed by atoms with van der Waals surface area (Å²) >= 11 is 5.90. The fourth-order valence-corrected chi connectivity index (χ4v) is 2.21. The van der Waals surface area contributed by atoms with Crippen molar-refractivity contribution in [3.05, 3.63) is 11.6 Å². The Hall–Kier alpha value is -0.830. The van der Waals surface area contributed by atoms with Crippen LogP contribution in [0, 0.1) is 0 Å². The maximum atomic E-state index is 11.8. The Kier molecular flexibility index (Phi) is 6.27. The highest BCUT2D eigenvalue weighted by Crippen LogP contribution is 2.12. The second-order valence-corrected chi connectivity index (χ2v) is 4.76. The van der Waals surface area contributed by atoms with E-state index >= 15 is 0 Å². The smallest absolute Gasteiger partial charge is 0.222 e. The van der Waals surface area contributed by atoms with Crippen LogP contribution in [0.2, 0.25) is 0 Å². The van der Waals surface area contributed by atoms with Gasteiger partial charge in [-0.15, -0.1) is 0 Å². The quantitative estimate of drug-likeness (QED) is 0.696. The van der Waals surface area contributed by atoms with Crippen molar-refractivity contribution in [2.24, 2.45) is 4.99 Å². The van der Waals surface area contributed by atoms with Gasteiger partial charge in [0.05, 0.1) is 0 Å². The number of rotatable bonds is 5. The summed E-state index contributed by atoms with van der Waals surface area (Å²) in [7, 11) is 0. The first kappa shape index (κ1) is 14.2. The molecule has 0 radical (unpaired) electrons. The van der Waals surface area contributed by atoms with Gasteiger partial charge in [0.1, 0.15) is 5.17 Å². The highest BCUT2D eigenvalue weighted by atomic mass is 35.5. The molecule has 0 aromatic carbocycles. The lowest BCUT2D eigenvalue weighted by Crippen LogP contribution is -2.27. The van der Waals surface area contributed by atoms with Gasteiger partial charge in [-0.1, -0.05) is 17.2 Å². The van der Waals surface area contributed by atoms with E-state index in [1.165, 1.54) is 0 Å². The molecule has 0 aliphatic carbocycles. The maximum Gasteiger partial charge on any atom is 0.222 e. The third-order valence-electron chi connectivity index (χ3n) is 2.87. The van der Waals surface area contributed by atoms with E-state index in [2.05, 4.69) is 4.99 Å². The lowest BCUT2D eigenvalue weighted by Gasteiger charge is -2.14. The minimum absolute atomic E-state index is 0.263. The summed E-state index contributed by atoms with van der Waals surface area (Å²) in [6.07, 6.45) is 5.50. The van der Waals surface area contributed by atoms with Gasteiger partial charge >= 0.3 is 0 Å². The summed E-state index contributed by atoms with van der Waals surface area (Å²) in [5.41, 5.74) is 1.11. The number of allylic oxidation sites excluding steroid dienone is 2. The van der Waals surface area contributed by atoms with Crippen molar-refractivity contribution in [1.82, 2.24) is 4.90 Å². The van der Waals surface area contributed by atoms with Crippen LogP contribution in [-0.4, -0.2) is 35.6 Å². The Labute approximate surface area is 109 Å². The first-order valence-electron chi connectivity index (χ1n) is 6.28. The van der Waals surface area contributed by atoms with E-state index in [-0.39, 0.29) is 5.91 Å². The molecule has 0 N–H and O–H groups in total. The van der Waals surface area contributed by atoms with Crippen LogP contribution in [0.1, 0.15) is 39.5 Å². The zero-order valence-corrected chi connectivity index (χ0v) is 11.5. The summed E-state index contributed by atoms with van der Waals surface area (Å²) in [5.74, 6) is 0.263. The second kappa shape index (κ2) is 7.49. The lowest BCUT2D eigenvalue weighted by molar-refractivity contribution is -0.130. The molecule has 0 saturated carbocycles. The molecule has 1 saturated heterocycles. The molecule has 3 nitrogen and oxygen atoms in total. The first-order chi connectivity index (χ1) is 8.13. The minimum atomic E-state index is 0.263. The largest absolute Gasteiger partial charge is 0.343 e. The molecular formula is C13H21ClN2O. The van der Waals surface area contributed by atoms with E-state index in [0.29, 0.717) is 18.1 Å². The topological polar surface area (TPSA) is 32.7 Å². The highest BCUT2D eigenvalue weighted by Gasteiger charge is 2.17. The fraction of sp³-hybridized carbons (Fsp3) is 0.692. The molecule has 0 aromatic rings. The van der Waals surface area contributed by atoms with E-state index in [1.807, 2.05) is 24.8 Å². The number of halogens is 1. The van der Waals surface area contributed by atoms with Crippen LogP contribution in [0.25, 0.3) is 0 Å². The average Bonchev–Trinajstić information content (AvgIpc) is 2.79. The van der Waals surface area contributed by atoms with Crippen molar-refractivity contribution in [3.8, 4) is 0 Å². The van der Waals surface area contributed by atoms with Crippen molar-refractivity contribution in [2.45, 2.75) is 39.5 Å². The number of carbonyl (C=O) groups is 1. The maximum absolute atomic E-state index is 11.8. The summed E-state index contributed by atoms with van der Waals surface area (Å²) < 4.78 is 0. The molecular weight excluding hydrogens is 236 g/mol. The van der Waals surface area contributed by atoms with Gasteiger partial charge in [0.15, 0.2) is 0 Å². The predicted molar refractivity (Wildman–Crippen MR) is 72.6 cm³/mol.